The highest BCUT2D eigenvalue weighted by molar-refractivity contribution is 5.80. The monoisotopic (exact) mass is 274 g/mol. The first kappa shape index (κ1) is 12.0. The summed E-state index contributed by atoms with van der Waals surface area (Å²) in [5.41, 5.74) is 4.02. The molecule has 3 aromatic carbocycles. The number of rotatable bonds is 1. The summed E-state index contributed by atoms with van der Waals surface area (Å²) in [4.78, 5) is 0. The van der Waals surface area contributed by atoms with Gasteiger partial charge in [0.25, 0.3) is 0 Å². The number of ether oxygens (including phenoxy) is 1. The Morgan fingerprint density at radius 1 is 0.667 bits per heavy atom. The summed E-state index contributed by atoms with van der Waals surface area (Å²) in [5.74, 6) is 7.81. The van der Waals surface area contributed by atoms with Gasteiger partial charge in [-0.25, -0.2) is 5.84 Å². The normalized spacial score (nSPS) is 12.3. The fraction of sp³-hybridized carbons (Fsp3) is 0. The molecule has 0 unspecified atom stereocenters. The number of hydrogen-bond acceptors (Lipinski definition) is 3. The molecule has 4 rings (SSSR count). The van der Waals surface area contributed by atoms with Crippen LogP contribution in [0.3, 0.4) is 0 Å². The maximum atomic E-state index is 6.26. The fourth-order valence-electron chi connectivity index (χ4n) is 2.59. The molecular formula is C18H14N2O. The second-order valence-corrected chi connectivity index (χ2v) is 4.99. The first-order chi connectivity index (χ1) is 10.3. The van der Waals surface area contributed by atoms with Crippen LogP contribution in [0.1, 0.15) is 0 Å². The highest BCUT2D eigenvalue weighted by Crippen LogP contribution is 2.45. The summed E-state index contributed by atoms with van der Waals surface area (Å²) < 4.78 is 5.92. The van der Waals surface area contributed by atoms with Crippen LogP contribution in [-0.2, 0) is 0 Å². The molecular weight excluding hydrogens is 260 g/mol. The van der Waals surface area contributed by atoms with Crippen molar-refractivity contribution < 1.29 is 4.74 Å². The van der Waals surface area contributed by atoms with Crippen LogP contribution in [0.2, 0.25) is 0 Å². The number of hydrazine groups is 1. The third kappa shape index (κ3) is 1.95. The summed E-state index contributed by atoms with van der Waals surface area (Å²) in [5, 5.41) is 1.68. The SMILES string of the molecule is NN1c2ccccc2Oc2ccc(-c3ccccc3)cc21. The van der Waals surface area contributed by atoms with Gasteiger partial charge in [0.1, 0.15) is 11.4 Å². The lowest BCUT2D eigenvalue weighted by Crippen LogP contribution is -2.28. The molecule has 3 nitrogen and oxygen atoms in total. The zero-order chi connectivity index (χ0) is 14.2. The quantitative estimate of drug-likeness (QED) is 0.665. The summed E-state index contributed by atoms with van der Waals surface area (Å²) >= 11 is 0. The number of para-hydroxylation sites is 2. The van der Waals surface area contributed by atoms with Crippen LogP contribution in [0, 0.1) is 0 Å². The van der Waals surface area contributed by atoms with Gasteiger partial charge >= 0.3 is 0 Å². The van der Waals surface area contributed by atoms with E-state index in [0.717, 1.165) is 34.0 Å². The van der Waals surface area contributed by atoms with E-state index in [1.54, 1.807) is 5.01 Å². The number of benzene rings is 3. The molecule has 0 fully saturated rings. The highest BCUT2D eigenvalue weighted by Gasteiger charge is 2.22. The Balaban J connectivity index is 1.83. The topological polar surface area (TPSA) is 38.5 Å². The Morgan fingerprint density at radius 2 is 1.38 bits per heavy atom. The Labute approximate surface area is 123 Å². The lowest BCUT2D eigenvalue weighted by molar-refractivity contribution is 0.474. The van der Waals surface area contributed by atoms with Crippen molar-refractivity contribution in [1.29, 1.82) is 0 Å². The number of fused-ring (bicyclic) bond motifs is 2. The van der Waals surface area contributed by atoms with Gasteiger partial charge in [-0.2, -0.15) is 0 Å². The molecule has 3 aromatic rings. The lowest BCUT2D eigenvalue weighted by atomic mass is 10.0. The molecule has 1 heterocycles. The van der Waals surface area contributed by atoms with E-state index >= 15 is 0 Å². The average Bonchev–Trinajstić information content (AvgIpc) is 2.56. The van der Waals surface area contributed by atoms with Crippen molar-refractivity contribution in [2.45, 2.75) is 0 Å². The number of nitrogens with two attached hydrogens (primary N) is 1. The Hall–Kier alpha value is -2.78. The van der Waals surface area contributed by atoms with Gasteiger partial charge in [0.15, 0.2) is 11.5 Å². The number of anilines is 2. The van der Waals surface area contributed by atoms with Gasteiger partial charge in [0.05, 0.1) is 0 Å². The molecule has 0 aromatic heterocycles. The molecule has 2 N–H and O–H groups in total. The van der Waals surface area contributed by atoms with E-state index in [1.807, 2.05) is 48.5 Å². The van der Waals surface area contributed by atoms with Crippen molar-refractivity contribution in [1.82, 2.24) is 0 Å². The van der Waals surface area contributed by atoms with E-state index in [0.29, 0.717) is 0 Å². The molecule has 0 saturated carbocycles. The molecule has 0 spiro atoms. The third-order valence-corrected chi connectivity index (χ3v) is 3.67. The van der Waals surface area contributed by atoms with Crippen LogP contribution in [0.5, 0.6) is 11.5 Å². The standard InChI is InChI=1S/C18H14N2O/c19-20-15-8-4-5-9-17(15)21-18-11-10-14(12-16(18)20)13-6-2-1-3-7-13/h1-12H,19H2. The molecule has 1 aliphatic rings. The average molecular weight is 274 g/mol. The van der Waals surface area contributed by atoms with E-state index < -0.39 is 0 Å². The molecule has 0 atom stereocenters. The van der Waals surface area contributed by atoms with Crippen LogP contribution in [0.25, 0.3) is 11.1 Å². The minimum Gasteiger partial charge on any atom is -0.453 e. The molecule has 0 bridgehead atoms. The van der Waals surface area contributed by atoms with E-state index in [-0.39, 0.29) is 0 Å². The van der Waals surface area contributed by atoms with Crippen molar-refractivity contribution in [3.8, 4) is 22.6 Å². The van der Waals surface area contributed by atoms with E-state index in [4.69, 9.17) is 10.6 Å². The van der Waals surface area contributed by atoms with Gasteiger partial charge in [-0.05, 0) is 35.4 Å². The summed E-state index contributed by atoms with van der Waals surface area (Å²) in [7, 11) is 0. The van der Waals surface area contributed by atoms with E-state index in [9.17, 15) is 0 Å². The van der Waals surface area contributed by atoms with Gasteiger partial charge < -0.3 is 4.74 Å². The second-order valence-electron chi connectivity index (χ2n) is 4.99. The first-order valence-corrected chi connectivity index (χ1v) is 6.84. The van der Waals surface area contributed by atoms with Gasteiger partial charge in [-0.3, -0.25) is 5.01 Å². The number of nitrogens with zero attached hydrogens (tertiary/aromatic N) is 1. The Bertz CT molecular complexity index is 799. The zero-order valence-electron chi connectivity index (χ0n) is 11.4. The zero-order valence-corrected chi connectivity index (χ0v) is 11.4. The molecule has 21 heavy (non-hydrogen) atoms. The van der Waals surface area contributed by atoms with Crippen molar-refractivity contribution in [3.63, 3.8) is 0 Å². The molecule has 1 aliphatic heterocycles. The fourth-order valence-corrected chi connectivity index (χ4v) is 2.59. The maximum absolute atomic E-state index is 6.26. The van der Waals surface area contributed by atoms with Gasteiger partial charge in [-0.15, -0.1) is 0 Å². The van der Waals surface area contributed by atoms with Crippen molar-refractivity contribution in [3.05, 3.63) is 72.8 Å². The van der Waals surface area contributed by atoms with Crippen LogP contribution in [-0.4, -0.2) is 0 Å². The summed E-state index contributed by atoms with van der Waals surface area (Å²) in [6, 6.07) is 24.1. The van der Waals surface area contributed by atoms with Crippen molar-refractivity contribution in [2.75, 3.05) is 5.01 Å². The minimum atomic E-state index is 0.774. The molecule has 0 radical (unpaired) electrons. The smallest absolute Gasteiger partial charge is 0.152 e. The van der Waals surface area contributed by atoms with Crippen LogP contribution < -0.4 is 15.6 Å². The maximum Gasteiger partial charge on any atom is 0.152 e. The predicted octanol–water partition coefficient (Wildman–Crippen LogP) is 4.47. The Kier molecular flexibility index (Phi) is 2.66. The summed E-state index contributed by atoms with van der Waals surface area (Å²) in [6.07, 6.45) is 0. The van der Waals surface area contributed by atoms with E-state index in [1.165, 1.54) is 0 Å². The number of hydrogen-bond donors (Lipinski definition) is 1. The summed E-state index contributed by atoms with van der Waals surface area (Å²) in [6.45, 7) is 0. The predicted molar refractivity (Wildman–Crippen MR) is 84.7 cm³/mol. The van der Waals surface area contributed by atoms with Crippen LogP contribution >= 0.6 is 0 Å². The van der Waals surface area contributed by atoms with Crippen molar-refractivity contribution >= 4 is 11.4 Å². The van der Waals surface area contributed by atoms with Crippen LogP contribution in [0.4, 0.5) is 11.4 Å². The first-order valence-electron chi connectivity index (χ1n) is 6.84. The second kappa shape index (κ2) is 4.65. The molecule has 3 heteroatoms. The molecule has 0 aliphatic carbocycles. The van der Waals surface area contributed by atoms with Crippen molar-refractivity contribution in [2.24, 2.45) is 5.84 Å². The van der Waals surface area contributed by atoms with Gasteiger partial charge in [-0.1, -0.05) is 48.5 Å². The molecule has 0 saturated heterocycles. The lowest BCUT2D eigenvalue weighted by Gasteiger charge is -2.29. The van der Waals surface area contributed by atoms with E-state index in [2.05, 4.69) is 24.3 Å². The Morgan fingerprint density at radius 3 is 2.24 bits per heavy atom. The van der Waals surface area contributed by atoms with Gasteiger partial charge in [0, 0.05) is 0 Å². The minimum absolute atomic E-state index is 0.774. The highest BCUT2D eigenvalue weighted by atomic mass is 16.5. The molecule has 102 valence electrons. The molecule has 0 amide bonds. The van der Waals surface area contributed by atoms with Crippen LogP contribution in [0.15, 0.2) is 72.8 Å². The van der Waals surface area contributed by atoms with Gasteiger partial charge in [0.2, 0.25) is 0 Å². The largest absolute Gasteiger partial charge is 0.453 e. The third-order valence-electron chi connectivity index (χ3n) is 3.67.